The maximum Gasteiger partial charge on any atom is 0.493 e. The lowest BCUT2D eigenvalue weighted by Crippen LogP contribution is -2.42. The first-order chi connectivity index (χ1) is 21.2. The van der Waals surface area contributed by atoms with Gasteiger partial charge in [-0.3, -0.25) is 14.6 Å². The maximum atomic E-state index is 13.3. The summed E-state index contributed by atoms with van der Waals surface area (Å²) >= 11 is 0. The van der Waals surface area contributed by atoms with Crippen LogP contribution in [-0.2, 0) is 11.2 Å². The van der Waals surface area contributed by atoms with Crippen molar-refractivity contribution in [2.75, 3.05) is 32.7 Å². The second kappa shape index (κ2) is 12.3. The molecule has 0 aliphatic carbocycles. The lowest BCUT2D eigenvalue weighted by atomic mass is 10.1. The fraction of sp³-hybridized carbons (Fsp3) is 0.375. The topological polar surface area (TPSA) is 96.8 Å². The quantitative estimate of drug-likeness (QED) is 0.432. The first-order valence-corrected chi connectivity index (χ1v) is 14.8. The Balaban J connectivity index is 1.18. The van der Waals surface area contributed by atoms with E-state index in [2.05, 4.69) is 15.2 Å². The van der Waals surface area contributed by atoms with Gasteiger partial charge in [0.2, 0.25) is 0 Å². The number of hydrogen-bond acceptors (Lipinski definition) is 6. The third-order valence-electron chi connectivity index (χ3n) is 8.34. The lowest BCUT2D eigenvalue weighted by molar-refractivity contribution is -0.199. The summed E-state index contributed by atoms with van der Waals surface area (Å²) in [4.78, 5) is 50.9. The zero-order valence-corrected chi connectivity index (χ0v) is 24.0. The van der Waals surface area contributed by atoms with Crippen LogP contribution < -0.4 is 10.2 Å². The van der Waals surface area contributed by atoms with Crippen LogP contribution in [0, 0.1) is 0 Å². The van der Waals surface area contributed by atoms with E-state index in [1.165, 1.54) is 25.1 Å². The van der Waals surface area contributed by atoms with Crippen LogP contribution in [0.2, 0.25) is 0 Å². The molecule has 3 aromatic rings. The van der Waals surface area contributed by atoms with Crippen LogP contribution in [0.5, 0.6) is 0 Å². The summed E-state index contributed by atoms with van der Waals surface area (Å²) in [6.45, 7) is 4.12. The van der Waals surface area contributed by atoms with Crippen molar-refractivity contribution < 1.29 is 32.4 Å². The van der Waals surface area contributed by atoms with Gasteiger partial charge in [-0.25, -0.2) is 4.79 Å². The highest BCUT2D eigenvalue weighted by Crippen LogP contribution is 2.29. The van der Waals surface area contributed by atoms with Gasteiger partial charge in [0.15, 0.2) is 0 Å². The average Bonchev–Trinajstić information content (AvgIpc) is 3.78. The standard InChI is InChI=1S/C32H32F3N5O4/c33-32(34,35)31(43)44-40-27-12-14-37-29(41)26(27)19-28(40)23-11-13-36-24(18-23)10-7-21-5-8-22(9-6-21)30(42)39-17-3-4-25(39)20-38-15-1-2-16-38/h5-11,13,18-19,25H,1-4,12,14-17,20H2,(H,37,41)/b10-7-/t25-/m1/s1. The van der Waals surface area contributed by atoms with E-state index in [0.717, 1.165) is 49.3 Å². The number of amides is 2. The van der Waals surface area contributed by atoms with Gasteiger partial charge in [-0.15, -0.1) is 0 Å². The molecule has 9 nitrogen and oxygen atoms in total. The predicted molar refractivity (Wildman–Crippen MR) is 156 cm³/mol. The molecule has 6 rings (SSSR count). The second-order valence-electron chi connectivity index (χ2n) is 11.3. The van der Waals surface area contributed by atoms with Crippen LogP contribution in [-0.4, -0.2) is 82.2 Å². The average molecular weight is 608 g/mol. The van der Waals surface area contributed by atoms with E-state index in [-0.39, 0.29) is 41.9 Å². The number of fused-ring (bicyclic) bond motifs is 1. The highest BCUT2D eigenvalue weighted by molar-refractivity contribution is 5.98. The third-order valence-corrected chi connectivity index (χ3v) is 8.34. The van der Waals surface area contributed by atoms with Gasteiger partial charge in [0.25, 0.3) is 11.8 Å². The van der Waals surface area contributed by atoms with Gasteiger partial charge in [0.1, 0.15) is 0 Å². The molecule has 0 radical (unpaired) electrons. The van der Waals surface area contributed by atoms with E-state index in [1.807, 2.05) is 35.2 Å². The van der Waals surface area contributed by atoms with Crippen molar-refractivity contribution in [2.24, 2.45) is 0 Å². The number of carbonyl (C=O) groups is 3. The number of alkyl halides is 3. The Kier molecular flexibility index (Phi) is 8.26. The highest BCUT2D eigenvalue weighted by atomic mass is 19.4. The Bertz CT molecular complexity index is 1590. The molecule has 0 unspecified atom stereocenters. The van der Waals surface area contributed by atoms with Gasteiger partial charge in [-0.05, 0) is 80.7 Å². The Labute approximate surface area is 252 Å². The van der Waals surface area contributed by atoms with Crippen molar-refractivity contribution in [2.45, 2.75) is 44.3 Å². The summed E-state index contributed by atoms with van der Waals surface area (Å²) in [5, 5.41) is 2.64. The first kappa shape index (κ1) is 29.6. The maximum absolute atomic E-state index is 13.3. The number of halogens is 3. The van der Waals surface area contributed by atoms with Gasteiger partial charge in [-0.1, -0.05) is 18.2 Å². The predicted octanol–water partition coefficient (Wildman–Crippen LogP) is 4.22. The number of likely N-dealkylation sites (tertiary alicyclic amines) is 2. The lowest BCUT2D eigenvalue weighted by Gasteiger charge is -2.28. The molecule has 2 aromatic heterocycles. The summed E-state index contributed by atoms with van der Waals surface area (Å²) in [6, 6.07) is 12.2. The van der Waals surface area contributed by atoms with Crippen LogP contribution in [0.1, 0.15) is 63.4 Å². The molecule has 2 fully saturated rings. The monoisotopic (exact) mass is 607 g/mol. The van der Waals surface area contributed by atoms with Crippen LogP contribution in [0.25, 0.3) is 23.4 Å². The van der Waals surface area contributed by atoms with Crippen molar-refractivity contribution in [1.82, 2.24) is 24.8 Å². The van der Waals surface area contributed by atoms with Crippen LogP contribution in [0.3, 0.4) is 0 Å². The number of aromatic nitrogens is 2. The fourth-order valence-electron chi connectivity index (χ4n) is 6.13. The van der Waals surface area contributed by atoms with Crippen LogP contribution >= 0.6 is 0 Å². The number of pyridine rings is 1. The van der Waals surface area contributed by atoms with Crippen molar-refractivity contribution >= 4 is 29.9 Å². The molecule has 2 saturated heterocycles. The second-order valence-corrected chi connectivity index (χ2v) is 11.3. The van der Waals surface area contributed by atoms with E-state index in [9.17, 15) is 27.6 Å². The molecule has 1 aromatic carbocycles. The Morgan fingerprint density at radius 2 is 1.80 bits per heavy atom. The minimum Gasteiger partial charge on any atom is -0.352 e. The molecule has 3 aliphatic heterocycles. The summed E-state index contributed by atoms with van der Waals surface area (Å²) in [7, 11) is 0. The first-order valence-electron chi connectivity index (χ1n) is 14.8. The van der Waals surface area contributed by atoms with Crippen molar-refractivity contribution in [3.8, 4) is 11.3 Å². The van der Waals surface area contributed by atoms with Crippen molar-refractivity contribution in [1.29, 1.82) is 0 Å². The van der Waals surface area contributed by atoms with Crippen LogP contribution in [0.4, 0.5) is 13.2 Å². The van der Waals surface area contributed by atoms with Crippen molar-refractivity contribution in [3.05, 3.63) is 76.7 Å². The molecular weight excluding hydrogens is 575 g/mol. The molecule has 0 spiro atoms. The number of nitrogens with one attached hydrogen (secondary N) is 1. The molecule has 0 saturated carbocycles. The van der Waals surface area contributed by atoms with E-state index in [4.69, 9.17) is 4.84 Å². The van der Waals surface area contributed by atoms with Crippen LogP contribution in [0.15, 0.2) is 48.7 Å². The van der Waals surface area contributed by atoms with E-state index >= 15 is 0 Å². The highest BCUT2D eigenvalue weighted by Gasteiger charge is 2.43. The fourth-order valence-corrected chi connectivity index (χ4v) is 6.13. The smallest absolute Gasteiger partial charge is 0.352 e. The number of rotatable bonds is 7. The molecular formula is C32H32F3N5O4. The molecule has 2 amide bonds. The minimum absolute atomic E-state index is 0.0437. The summed E-state index contributed by atoms with van der Waals surface area (Å²) in [5.41, 5.74) is 2.81. The molecule has 5 heterocycles. The molecule has 1 N–H and O–H groups in total. The Morgan fingerprint density at radius 3 is 2.55 bits per heavy atom. The SMILES string of the molecule is O=C1NCCc2c1cc(-c1ccnc(/C=C\c3ccc(C(=O)N4CCC[C@@H]4CN4CCCC4)cc3)c1)n2OC(=O)C(F)(F)F. The zero-order chi connectivity index (χ0) is 30.8. The van der Waals surface area contributed by atoms with Gasteiger partial charge >= 0.3 is 12.1 Å². The largest absolute Gasteiger partial charge is 0.493 e. The summed E-state index contributed by atoms with van der Waals surface area (Å²) in [6.07, 6.45) is 4.50. The molecule has 1 atom stereocenters. The van der Waals surface area contributed by atoms with Gasteiger partial charge in [0.05, 0.1) is 22.6 Å². The molecule has 12 heteroatoms. The number of benzene rings is 1. The zero-order valence-electron chi connectivity index (χ0n) is 24.0. The molecule has 44 heavy (non-hydrogen) atoms. The third kappa shape index (κ3) is 6.26. The number of nitrogens with zero attached hydrogens (tertiary/aromatic N) is 4. The van der Waals surface area contributed by atoms with E-state index < -0.39 is 18.1 Å². The van der Waals surface area contributed by atoms with Gasteiger partial charge in [0, 0.05) is 49.4 Å². The van der Waals surface area contributed by atoms with Gasteiger partial charge in [-0.2, -0.15) is 17.9 Å². The normalized spacial score (nSPS) is 18.9. The number of hydrogen-bond donors (Lipinski definition) is 1. The number of carbonyl (C=O) groups excluding carboxylic acids is 3. The molecule has 0 bridgehead atoms. The summed E-state index contributed by atoms with van der Waals surface area (Å²) in [5.74, 6) is -2.80. The van der Waals surface area contributed by atoms with E-state index in [0.29, 0.717) is 16.8 Å². The Hall–Kier alpha value is -4.45. The van der Waals surface area contributed by atoms with Gasteiger partial charge < -0.3 is 20.0 Å². The molecule has 3 aliphatic rings. The minimum atomic E-state index is -5.21. The van der Waals surface area contributed by atoms with Crippen molar-refractivity contribution in [3.63, 3.8) is 0 Å². The Morgan fingerprint density at radius 1 is 1.02 bits per heavy atom. The van der Waals surface area contributed by atoms with E-state index in [1.54, 1.807) is 18.2 Å². The molecule has 230 valence electrons. The summed E-state index contributed by atoms with van der Waals surface area (Å²) < 4.78 is 39.9.